The SMILES string of the molecule is CCOC(=O)C1CCN(C(=O)C(C)OC(=O)CCNC(=O)c2ccccc2C)CC1. The van der Waals surface area contributed by atoms with Crippen molar-refractivity contribution in [3.05, 3.63) is 35.4 Å². The van der Waals surface area contributed by atoms with Crippen molar-refractivity contribution >= 4 is 23.8 Å². The minimum atomic E-state index is -0.913. The number of hydrogen-bond acceptors (Lipinski definition) is 6. The summed E-state index contributed by atoms with van der Waals surface area (Å²) in [6.45, 7) is 6.46. The Morgan fingerprint density at radius 3 is 2.47 bits per heavy atom. The number of esters is 2. The number of amides is 2. The molecule has 8 heteroatoms. The Bertz CT molecular complexity index is 771. The first-order valence-corrected chi connectivity index (χ1v) is 10.3. The highest BCUT2D eigenvalue weighted by Crippen LogP contribution is 2.19. The molecule has 1 atom stereocenters. The molecular weight excluding hydrogens is 388 g/mol. The molecule has 2 amide bonds. The number of ether oxygens (including phenoxy) is 2. The van der Waals surface area contributed by atoms with E-state index in [1.165, 1.54) is 6.92 Å². The zero-order valence-electron chi connectivity index (χ0n) is 17.8. The number of nitrogens with one attached hydrogen (secondary N) is 1. The van der Waals surface area contributed by atoms with Crippen molar-refractivity contribution in [2.45, 2.75) is 46.1 Å². The Morgan fingerprint density at radius 1 is 1.17 bits per heavy atom. The molecule has 8 nitrogen and oxygen atoms in total. The summed E-state index contributed by atoms with van der Waals surface area (Å²) in [6.07, 6.45) is 0.135. The normalized spacial score (nSPS) is 15.2. The molecular formula is C22H30N2O6. The predicted molar refractivity (Wildman–Crippen MR) is 110 cm³/mol. The summed E-state index contributed by atoms with van der Waals surface area (Å²) in [5.74, 6) is -1.51. The number of likely N-dealkylation sites (tertiary alicyclic amines) is 1. The van der Waals surface area contributed by atoms with Crippen molar-refractivity contribution in [1.29, 1.82) is 0 Å². The van der Waals surface area contributed by atoms with Crippen LogP contribution in [-0.2, 0) is 23.9 Å². The zero-order chi connectivity index (χ0) is 22.1. The van der Waals surface area contributed by atoms with Crippen molar-refractivity contribution in [3.63, 3.8) is 0 Å². The molecule has 0 spiro atoms. The van der Waals surface area contributed by atoms with E-state index in [1.54, 1.807) is 24.0 Å². The Kier molecular flexibility index (Phi) is 8.83. The molecule has 30 heavy (non-hydrogen) atoms. The van der Waals surface area contributed by atoms with E-state index in [0.29, 0.717) is 38.1 Å². The summed E-state index contributed by atoms with van der Waals surface area (Å²) in [5.41, 5.74) is 1.41. The van der Waals surface area contributed by atoms with Gasteiger partial charge in [0.25, 0.3) is 11.8 Å². The highest BCUT2D eigenvalue weighted by molar-refractivity contribution is 5.95. The molecule has 1 fully saturated rings. The van der Waals surface area contributed by atoms with Crippen molar-refractivity contribution in [3.8, 4) is 0 Å². The molecule has 1 unspecified atom stereocenters. The minimum absolute atomic E-state index is 0.0276. The number of rotatable bonds is 8. The minimum Gasteiger partial charge on any atom is -0.466 e. The summed E-state index contributed by atoms with van der Waals surface area (Å²) < 4.78 is 10.2. The molecule has 1 aliphatic rings. The lowest BCUT2D eigenvalue weighted by Gasteiger charge is -2.32. The van der Waals surface area contributed by atoms with Crippen LogP contribution in [0.2, 0.25) is 0 Å². The molecule has 0 aliphatic carbocycles. The van der Waals surface area contributed by atoms with Gasteiger partial charge >= 0.3 is 11.9 Å². The maximum Gasteiger partial charge on any atom is 0.309 e. The summed E-state index contributed by atoms with van der Waals surface area (Å²) >= 11 is 0. The molecule has 164 valence electrons. The summed E-state index contributed by atoms with van der Waals surface area (Å²) in [5, 5.41) is 2.68. The second-order valence-corrected chi connectivity index (χ2v) is 7.30. The van der Waals surface area contributed by atoms with Gasteiger partial charge in [-0.2, -0.15) is 0 Å². The molecule has 0 aromatic heterocycles. The molecule has 1 saturated heterocycles. The molecule has 1 aromatic rings. The van der Waals surface area contributed by atoms with E-state index in [-0.39, 0.29) is 36.7 Å². The fourth-order valence-corrected chi connectivity index (χ4v) is 3.36. The van der Waals surface area contributed by atoms with Crippen LogP contribution in [0.15, 0.2) is 24.3 Å². The van der Waals surface area contributed by atoms with Crippen LogP contribution in [0, 0.1) is 12.8 Å². The zero-order valence-corrected chi connectivity index (χ0v) is 17.8. The van der Waals surface area contributed by atoms with Gasteiger partial charge in [-0.3, -0.25) is 19.2 Å². The van der Waals surface area contributed by atoms with Crippen LogP contribution in [0.5, 0.6) is 0 Å². The fourth-order valence-electron chi connectivity index (χ4n) is 3.36. The van der Waals surface area contributed by atoms with Gasteiger partial charge in [0, 0.05) is 25.2 Å². The molecule has 0 bridgehead atoms. The van der Waals surface area contributed by atoms with E-state index >= 15 is 0 Å². The van der Waals surface area contributed by atoms with E-state index in [9.17, 15) is 19.2 Å². The van der Waals surface area contributed by atoms with Gasteiger partial charge in [-0.15, -0.1) is 0 Å². The Morgan fingerprint density at radius 2 is 1.83 bits per heavy atom. The quantitative estimate of drug-likeness (QED) is 0.647. The van der Waals surface area contributed by atoms with E-state index in [0.717, 1.165) is 5.56 Å². The third-order valence-corrected chi connectivity index (χ3v) is 5.09. The van der Waals surface area contributed by atoms with Crippen LogP contribution in [-0.4, -0.2) is 61.0 Å². The molecule has 1 N–H and O–H groups in total. The monoisotopic (exact) mass is 418 g/mol. The van der Waals surface area contributed by atoms with E-state index in [1.807, 2.05) is 19.1 Å². The smallest absolute Gasteiger partial charge is 0.309 e. The lowest BCUT2D eigenvalue weighted by atomic mass is 9.97. The van der Waals surface area contributed by atoms with Crippen LogP contribution >= 0.6 is 0 Å². The highest BCUT2D eigenvalue weighted by Gasteiger charge is 2.31. The molecule has 0 radical (unpaired) electrons. The van der Waals surface area contributed by atoms with Gasteiger partial charge in [-0.1, -0.05) is 18.2 Å². The van der Waals surface area contributed by atoms with Crippen LogP contribution in [0.1, 0.15) is 49.0 Å². The lowest BCUT2D eigenvalue weighted by Crippen LogP contribution is -2.45. The maximum atomic E-state index is 12.5. The average Bonchev–Trinajstić information content (AvgIpc) is 2.73. The third-order valence-electron chi connectivity index (χ3n) is 5.09. The largest absolute Gasteiger partial charge is 0.466 e. The van der Waals surface area contributed by atoms with Crippen LogP contribution in [0.3, 0.4) is 0 Å². The first-order valence-electron chi connectivity index (χ1n) is 10.3. The third kappa shape index (κ3) is 6.57. The maximum absolute atomic E-state index is 12.5. The Labute approximate surface area is 176 Å². The summed E-state index contributed by atoms with van der Waals surface area (Å²) in [6, 6.07) is 7.18. The van der Waals surface area contributed by atoms with E-state index < -0.39 is 12.1 Å². The number of aryl methyl sites for hydroxylation is 1. The second-order valence-electron chi connectivity index (χ2n) is 7.30. The van der Waals surface area contributed by atoms with Gasteiger partial charge in [-0.05, 0) is 45.2 Å². The van der Waals surface area contributed by atoms with Crippen molar-refractivity contribution in [2.24, 2.45) is 5.92 Å². The molecule has 1 heterocycles. The predicted octanol–water partition coefficient (Wildman–Crippen LogP) is 1.85. The number of hydrogen-bond donors (Lipinski definition) is 1. The topological polar surface area (TPSA) is 102 Å². The lowest BCUT2D eigenvalue weighted by molar-refractivity contribution is -0.160. The molecule has 1 aliphatic heterocycles. The Balaban J connectivity index is 1.71. The van der Waals surface area contributed by atoms with Crippen molar-refractivity contribution < 1.29 is 28.7 Å². The van der Waals surface area contributed by atoms with Crippen molar-refractivity contribution in [2.75, 3.05) is 26.2 Å². The fraction of sp³-hybridized carbons (Fsp3) is 0.545. The molecule has 0 saturated carbocycles. The summed E-state index contributed by atoms with van der Waals surface area (Å²) in [7, 11) is 0. The van der Waals surface area contributed by atoms with Gasteiger partial charge < -0.3 is 19.7 Å². The summed E-state index contributed by atoms with van der Waals surface area (Å²) in [4.78, 5) is 50.1. The van der Waals surface area contributed by atoms with Crippen molar-refractivity contribution in [1.82, 2.24) is 10.2 Å². The van der Waals surface area contributed by atoms with Gasteiger partial charge in [-0.25, -0.2) is 0 Å². The Hall–Kier alpha value is -2.90. The number of nitrogens with zero attached hydrogens (tertiary/aromatic N) is 1. The van der Waals surface area contributed by atoms with Crippen LogP contribution in [0.4, 0.5) is 0 Å². The first kappa shape index (κ1) is 23.4. The number of carbonyl (C=O) groups excluding carboxylic acids is 4. The second kappa shape index (κ2) is 11.3. The highest BCUT2D eigenvalue weighted by atomic mass is 16.5. The van der Waals surface area contributed by atoms with E-state index in [2.05, 4.69) is 5.32 Å². The molecule has 2 rings (SSSR count). The van der Waals surface area contributed by atoms with Crippen LogP contribution < -0.4 is 5.32 Å². The van der Waals surface area contributed by atoms with Gasteiger partial charge in [0.1, 0.15) is 0 Å². The van der Waals surface area contributed by atoms with Crippen LogP contribution in [0.25, 0.3) is 0 Å². The standard InChI is InChI=1S/C22H30N2O6/c1-4-29-22(28)17-10-13-24(14-11-17)21(27)16(3)30-19(25)9-12-23-20(26)18-8-6-5-7-15(18)2/h5-8,16-17H,4,9-14H2,1-3H3,(H,23,26). The van der Waals surface area contributed by atoms with Gasteiger partial charge in [0.05, 0.1) is 18.9 Å². The van der Waals surface area contributed by atoms with E-state index in [4.69, 9.17) is 9.47 Å². The number of carbonyl (C=O) groups is 4. The van der Waals surface area contributed by atoms with Gasteiger partial charge in [0.2, 0.25) is 0 Å². The average molecular weight is 418 g/mol. The number of benzene rings is 1. The first-order chi connectivity index (χ1) is 14.3. The van der Waals surface area contributed by atoms with Gasteiger partial charge in [0.15, 0.2) is 6.10 Å². The molecule has 1 aromatic carbocycles. The number of piperidine rings is 1.